The molecule has 3 aromatic heterocycles. The number of nitrogens with zero attached hydrogens (tertiary/aromatic N) is 4. The maximum atomic E-state index is 6.77. The van der Waals surface area contributed by atoms with Crippen LogP contribution in [0.15, 0.2) is 199 Å². The highest BCUT2D eigenvalue weighted by Crippen LogP contribution is 2.43. The highest BCUT2D eigenvalue weighted by atomic mass is 16.3. The van der Waals surface area contributed by atoms with Crippen LogP contribution in [0.4, 0.5) is 0 Å². The summed E-state index contributed by atoms with van der Waals surface area (Å²) in [5, 5.41) is 10.4. The topological polar surface area (TPSA) is 64.7 Å². The third-order valence-corrected chi connectivity index (χ3v) is 11.5. The average Bonchev–Trinajstić information content (AvgIpc) is 3.72. The molecular weight excluding hydrogens is 721 g/mol. The molecule has 5 nitrogen and oxygen atoms in total. The Bertz CT molecular complexity index is 3520. The van der Waals surface area contributed by atoms with Gasteiger partial charge in [-0.2, -0.15) is 0 Å². The molecule has 0 atom stereocenters. The molecule has 0 aliphatic heterocycles. The van der Waals surface area contributed by atoms with Gasteiger partial charge in [-0.1, -0.05) is 164 Å². The Hall–Kier alpha value is -8.02. The van der Waals surface area contributed by atoms with Crippen molar-refractivity contribution in [3.05, 3.63) is 194 Å². The van der Waals surface area contributed by atoms with Gasteiger partial charge in [0.1, 0.15) is 11.2 Å². The lowest BCUT2D eigenvalue weighted by atomic mass is 9.92. The van der Waals surface area contributed by atoms with Crippen LogP contribution < -0.4 is 0 Å². The van der Waals surface area contributed by atoms with Gasteiger partial charge in [0.2, 0.25) is 0 Å². The minimum absolute atomic E-state index is 0.613. The Morgan fingerprint density at radius 1 is 0.288 bits per heavy atom. The normalized spacial score (nSPS) is 11.7. The van der Waals surface area contributed by atoms with Crippen LogP contribution in [0.3, 0.4) is 0 Å². The Labute approximate surface area is 338 Å². The molecule has 0 spiro atoms. The summed E-state index contributed by atoms with van der Waals surface area (Å²) in [6, 6.07) is 67.4. The fourth-order valence-corrected chi connectivity index (χ4v) is 8.68. The second kappa shape index (κ2) is 13.3. The van der Waals surface area contributed by atoms with Crippen molar-refractivity contribution >= 4 is 65.2 Å². The summed E-state index contributed by atoms with van der Waals surface area (Å²) in [6.45, 7) is 0. The monoisotopic (exact) mass is 752 g/mol. The van der Waals surface area contributed by atoms with Crippen LogP contribution >= 0.6 is 0 Å². The number of aromatic nitrogens is 4. The molecule has 12 aromatic rings. The highest BCUT2D eigenvalue weighted by molar-refractivity contribution is 6.26. The average molecular weight is 753 g/mol. The zero-order chi connectivity index (χ0) is 38.9. The minimum Gasteiger partial charge on any atom is -0.455 e. The van der Waals surface area contributed by atoms with E-state index in [9.17, 15) is 0 Å². The molecule has 0 bridgehead atoms. The van der Waals surface area contributed by atoms with E-state index >= 15 is 0 Å². The van der Waals surface area contributed by atoms with Gasteiger partial charge in [0, 0.05) is 33.0 Å². The Balaban J connectivity index is 1.03. The standard InChI is InChI=1S/C54H32N4O/c1-3-14-33(15-4-1)52-56-53(34-16-5-2-6-17-34)58-54(57-52)38-19-13-18-35(30-38)36-27-29-47-46(31-36)51-49(44-24-11-12-25-48(44)59-51)50(55-47)37-26-28-43-41-22-8-7-20-39(41)40-21-9-10-23-42(40)45(43)32-37/h1-32H. The van der Waals surface area contributed by atoms with E-state index in [4.69, 9.17) is 24.4 Å². The summed E-state index contributed by atoms with van der Waals surface area (Å²) in [7, 11) is 0. The van der Waals surface area contributed by atoms with Gasteiger partial charge in [0.15, 0.2) is 17.5 Å². The largest absolute Gasteiger partial charge is 0.455 e. The van der Waals surface area contributed by atoms with E-state index in [1.54, 1.807) is 0 Å². The van der Waals surface area contributed by atoms with Crippen molar-refractivity contribution in [1.29, 1.82) is 0 Å². The molecule has 0 aliphatic carbocycles. The van der Waals surface area contributed by atoms with E-state index in [2.05, 4.69) is 121 Å². The van der Waals surface area contributed by atoms with Crippen LogP contribution in [0.2, 0.25) is 0 Å². The lowest BCUT2D eigenvalue weighted by molar-refractivity contribution is 0.672. The summed E-state index contributed by atoms with van der Waals surface area (Å²) in [6.07, 6.45) is 0. The van der Waals surface area contributed by atoms with Gasteiger partial charge in [-0.3, -0.25) is 0 Å². The molecule has 274 valence electrons. The number of hydrogen-bond acceptors (Lipinski definition) is 5. The van der Waals surface area contributed by atoms with Crippen molar-refractivity contribution in [3.8, 4) is 56.5 Å². The quantitative estimate of drug-likeness (QED) is 0.164. The fourth-order valence-electron chi connectivity index (χ4n) is 8.68. The molecule has 0 N–H and O–H groups in total. The Kier molecular flexibility index (Phi) is 7.47. The van der Waals surface area contributed by atoms with Crippen LogP contribution in [0, 0.1) is 0 Å². The molecule has 5 heteroatoms. The maximum absolute atomic E-state index is 6.77. The van der Waals surface area contributed by atoms with Crippen LogP contribution in [0.1, 0.15) is 0 Å². The molecule has 3 heterocycles. The maximum Gasteiger partial charge on any atom is 0.164 e. The predicted octanol–water partition coefficient (Wildman–Crippen LogP) is 14.1. The molecule has 0 amide bonds. The zero-order valence-corrected chi connectivity index (χ0v) is 31.7. The number of para-hydroxylation sites is 1. The second-order valence-corrected chi connectivity index (χ2v) is 15.0. The third kappa shape index (κ3) is 5.47. The van der Waals surface area contributed by atoms with E-state index in [0.717, 1.165) is 71.9 Å². The molecule has 9 aromatic carbocycles. The van der Waals surface area contributed by atoms with Crippen molar-refractivity contribution in [2.45, 2.75) is 0 Å². The molecule has 0 aliphatic rings. The number of hydrogen-bond donors (Lipinski definition) is 0. The lowest BCUT2D eigenvalue weighted by Crippen LogP contribution is -2.00. The van der Waals surface area contributed by atoms with Gasteiger partial charge >= 0.3 is 0 Å². The fraction of sp³-hybridized carbons (Fsp3) is 0. The molecule has 12 rings (SSSR count). The van der Waals surface area contributed by atoms with E-state index < -0.39 is 0 Å². The van der Waals surface area contributed by atoms with Gasteiger partial charge in [0.25, 0.3) is 0 Å². The third-order valence-electron chi connectivity index (χ3n) is 11.5. The van der Waals surface area contributed by atoms with E-state index in [0.29, 0.717) is 17.5 Å². The highest BCUT2D eigenvalue weighted by Gasteiger charge is 2.20. The number of rotatable bonds is 5. The Morgan fingerprint density at radius 3 is 1.42 bits per heavy atom. The molecular formula is C54H32N4O. The molecule has 0 radical (unpaired) electrons. The Morgan fingerprint density at radius 2 is 0.763 bits per heavy atom. The number of fused-ring (bicyclic) bond motifs is 11. The van der Waals surface area contributed by atoms with Gasteiger partial charge in [-0.05, 0) is 73.8 Å². The van der Waals surface area contributed by atoms with Crippen LogP contribution in [0.5, 0.6) is 0 Å². The van der Waals surface area contributed by atoms with E-state index in [1.165, 1.54) is 32.3 Å². The predicted molar refractivity (Wildman–Crippen MR) is 242 cm³/mol. The van der Waals surface area contributed by atoms with Crippen molar-refractivity contribution in [2.75, 3.05) is 0 Å². The summed E-state index contributed by atoms with van der Waals surface area (Å²) in [4.78, 5) is 20.3. The summed E-state index contributed by atoms with van der Waals surface area (Å²) in [5.41, 5.74) is 9.34. The summed E-state index contributed by atoms with van der Waals surface area (Å²) in [5.74, 6) is 1.88. The van der Waals surface area contributed by atoms with Crippen molar-refractivity contribution in [3.63, 3.8) is 0 Å². The zero-order valence-electron chi connectivity index (χ0n) is 31.7. The first-order chi connectivity index (χ1) is 29.2. The van der Waals surface area contributed by atoms with Crippen LogP contribution in [0.25, 0.3) is 122 Å². The molecule has 0 fully saturated rings. The summed E-state index contributed by atoms with van der Waals surface area (Å²) < 4.78 is 6.77. The van der Waals surface area contributed by atoms with Crippen LogP contribution in [-0.2, 0) is 0 Å². The molecule has 0 unspecified atom stereocenters. The first kappa shape index (κ1) is 33.2. The number of benzene rings is 9. The lowest BCUT2D eigenvalue weighted by Gasteiger charge is -2.13. The van der Waals surface area contributed by atoms with E-state index in [-0.39, 0.29) is 0 Å². The van der Waals surface area contributed by atoms with Crippen molar-refractivity contribution in [2.24, 2.45) is 0 Å². The smallest absolute Gasteiger partial charge is 0.164 e. The van der Waals surface area contributed by atoms with Crippen molar-refractivity contribution in [1.82, 2.24) is 19.9 Å². The van der Waals surface area contributed by atoms with Gasteiger partial charge in [-0.15, -0.1) is 0 Å². The first-order valence-corrected chi connectivity index (χ1v) is 19.8. The SMILES string of the molecule is c1ccc(-c2nc(-c3ccccc3)nc(-c3cccc(-c4ccc5nc(-c6ccc7c8ccccc8c8ccccc8c7c6)c6c7ccccc7oc6c5c4)c3)n2)cc1. The second-order valence-electron chi connectivity index (χ2n) is 15.0. The summed E-state index contributed by atoms with van der Waals surface area (Å²) >= 11 is 0. The molecule has 0 saturated heterocycles. The molecule has 0 saturated carbocycles. The number of pyridine rings is 1. The van der Waals surface area contributed by atoms with E-state index in [1.807, 2.05) is 72.8 Å². The number of furan rings is 1. The van der Waals surface area contributed by atoms with Crippen molar-refractivity contribution < 1.29 is 4.42 Å². The van der Waals surface area contributed by atoms with Gasteiger partial charge in [0.05, 0.1) is 16.6 Å². The van der Waals surface area contributed by atoms with Gasteiger partial charge in [-0.25, -0.2) is 19.9 Å². The minimum atomic E-state index is 0.613. The molecule has 59 heavy (non-hydrogen) atoms. The first-order valence-electron chi connectivity index (χ1n) is 19.8. The van der Waals surface area contributed by atoms with Gasteiger partial charge < -0.3 is 4.42 Å². The van der Waals surface area contributed by atoms with Crippen LogP contribution in [-0.4, -0.2) is 19.9 Å².